The molecule has 0 N–H and O–H groups in total. The molecule has 0 saturated carbocycles. The van der Waals surface area contributed by atoms with Crippen LogP contribution in [0.3, 0.4) is 0 Å². The average molecular weight is 589 g/mol. The van der Waals surface area contributed by atoms with Gasteiger partial charge >= 0.3 is 0 Å². The third-order valence-electron chi connectivity index (χ3n) is 9.09. The molecule has 3 aliphatic rings. The zero-order valence-corrected chi connectivity index (χ0v) is 25.5. The zero-order chi connectivity index (χ0) is 29.7. The summed E-state index contributed by atoms with van der Waals surface area (Å²) in [5, 5.41) is 0. The van der Waals surface area contributed by atoms with Gasteiger partial charge in [0.25, 0.3) is 0 Å². The predicted octanol–water partition coefficient (Wildman–Crippen LogP) is 6.79. The number of ether oxygens (including phenoxy) is 7. The molecule has 230 valence electrons. The molecule has 7 atom stereocenters. The van der Waals surface area contributed by atoms with Gasteiger partial charge in [-0.3, -0.25) is 0 Å². The minimum absolute atomic E-state index is 0.0389. The lowest BCUT2D eigenvalue weighted by Crippen LogP contribution is -2.71. The van der Waals surface area contributed by atoms with Crippen LogP contribution in [-0.4, -0.2) is 55.9 Å². The van der Waals surface area contributed by atoms with Gasteiger partial charge in [-0.1, -0.05) is 72.8 Å². The Balaban J connectivity index is 1.13. The first-order valence-corrected chi connectivity index (χ1v) is 15.5. The summed E-state index contributed by atoms with van der Waals surface area (Å²) in [4.78, 5) is 0. The normalized spacial score (nSPS) is 32.0. The molecule has 0 bridgehead atoms. The highest BCUT2D eigenvalue weighted by molar-refractivity contribution is 5.27. The van der Waals surface area contributed by atoms with Crippen molar-refractivity contribution in [2.45, 2.75) is 94.7 Å². The standard InChI is InChI=1S/C36H44O7/c1-35-25-40-34(28-13-8-5-9-14-28)42-31(35)22-33-36(2,43-35)32(39-24-27-16-18-29(37-3)19-17-27)21-30(41-33)15-10-20-38-23-26-11-6-4-7-12-26/h4-9,11-14,16-19,30-34H,10,15,20-25H2,1-3H3/t30-,31-,32-,33+,34+,35+,36-/m0/s1. The first-order chi connectivity index (χ1) is 20.9. The number of fused-ring (bicyclic) bond motifs is 2. The van der Waals surface area contributed by atoms with Crippen molar-refractivity contribution in [2.24, 2.45) is 0 Å². The van der Waals surface area contributed by atoms with Gasteiger partial charge in [-0.15, -0.1) is 0 Å². The Hall–Kier alpha value is -2.78. The van der Waals surface area contributed by atoms with Crippen LogP contribution in [0.4, 0.5) is 0 Å². The number of benzene rings is 3. The largest absolute Gasteiger partial charge is 0.497 e. The monoisotopic (exact) mass is 588 g/mol. The molecule has 7 heteroatoms. The molecule has 3 aromatic carbocycles. The van der Waals surface area contributed by atoms with Crippen molar-refractivity contribution < 1.29 is 33.2 Å². The molecular formula is C36H44O7. The van der Waals surface area contributed by atoms with Crippen LogP contribution in [-0.2, 0) is 41.6 Å². The minimum Gasteiger partial charge on any atom is -0.497 e. The minimum atomic E-state index is -0.648. The number of rotatable bonds is 11. The number of methoxy groups -OCH3 is 1. The average Bonchev–Trinajstić information content (AvgIpc) is 3.03. The van der Waals surface area contributed by atoms with E-state index in [0.717, 1.165) is 36.1 Å². The van der Waals surface area contributed by atoms with Crippen molar-refractivity contribution in [1.82, 2.24) is 0 Å². The van der Waals surface area contributed by atoms with Gasteiger partial charge in [0.05, 0.1) is 51.3 Å². The summed E-state index contributed by atoms with van der Waals surface area (Å²) >= 11 is 0. The SMILES string of the molecule is COc1ccc(CO[C@H]2C[C@H](CCCOCc3ccccc3)O[C@@H]3C[C@@H]4O[C@H](c5ccccc5)OC[C@@]4(C)O[C@@]23C)cc1. The van der Waals surface area contributed by atoms with Crippen LogP contribution in [0.2, 0.25) is 0 Å². The first kappa shape index (κ1) is 30.3. The Bertz CT molecular complexity index is 1290. The second-order valence-electron chi connectivity index (χ2n) is 12.3. The van der Waals surface area contributed by atoms with Gasteiger partial charge < -0.3 is 33.2 Å². The van der Waals surface area contributed by atoms with E-state index >= 15 is 0 Å². The third-order valence-corrected chi connectivity index (χ3v) is 9.09. The van der Waals surface area contributed by atoms with Gasteiger partial charge in [0.15, 0.2) is 6.29 Å². The van der Waals surface area contributed by atoms with E-state index in [1.54, 1.807) is 7.11 Å². The molecule has 3 saturated heterocycles. The molecule has 3 heterocycles. The van der Waals surface area contributed by atoms with Gasteiger partial charge in [-0.05, 0) is 49.9 Å². The molecule has 0 spiro atoms. The summed E-state index contributed by atoms with van der Waals surface area (Å²) in [6, 6.07) is 28.4. The van der Waals surface area contributed by atoms with Crippen LogP contribution in [0, 0.1) is 0 Å². The Labute approximate surface area is 255 Å². The Morgan fingerprint density at radius 3 is 2.26 bits per heavy atom. The summed E-state index contributed by atoms with van der Waals surface area (Å²) in [5.41, 5.74) is 2.03. The second-order valence-corrected chi connectivity index (χ2v) is 12.3. The van der Waals surface area contributed by atoms with E-state index in [4.69, 9.17) is 33.2 Å². The lowest BCUT2D eigenvalue weighted by atomic mass is 9.75. The van der Waals surface area contributed by atoms with Crippen molar-refractivity contribution >= 4 is 0 Å². The van der Waals surface area contributed by atoms with E-state index < -0.39 is 17.5 Å². The smallest absolute Gasteiger partial charge is 0.184 e. The van der Waals surface area contributed by atoms with Crippen molar-refractivity contribution in [3.63, 3.8) is 0 Å². The topological polar surface area (TPSA) is 64.6 Å². The maximum Gasteiger partial charge on any atom is 0.184 e. The van der Waals surface area contributed by atoms with E-state index in [1.807, 2.05) is 72.8 Å². The van der Waals surface area contributed by atoms with E-state index in [1.165, 1.54) is 5.56 Å². The fraction of sp³-hybridized carbons (Fsp3) is 0.500. The van der Waals surface area contributed by atoms with E-state index in [0.29, 0.717) is 32.8 Å². The highest BCUT2D eigenvalue weighted by Gasteiger charge is 2.61. The van der Waals surface area contributed by atoms with Crippen LogP contribution in [0.15, 0.2) is 84.9 Å². The lowest BCUT2D eigenvalue weighted by molar-refractivity contribution is -0.387. The van der Waals surface area contributed by atoms with Crippen LogP contribution in [0.25, 0.3) is 0 Å². The molecule has 43 heavy (non-hydrogen) atoms. The number of hydrogen-bond acceptors (Lipinski definition) is 7. The van der Waals surface area contributed by atoms with Crippen molar-refractivity contribution in [2.75, 3.05) is 20.3 Å². The molecule has 3 fully saturated rings. The van der Waals surface area contributed by atoms with Crippen molar-refractivity contribution in [1.29, 1.82) is 0 Å². The summed E-state index contributed by atoms with van der Waals surface area (Å²) in [5.74, 6) is 0.831. The summed E-state index contributed by atoms with van der Waals surface area (Å²) in [6.07, 6.45) is 2.38. The van der Waals surface area contributed by atoms with Gasteiger partial charge in [-0.25, -0.2) is 0 Å². The van der Waals surface area contributed by atoms with Crippen LogP contribution >= 0.6 is 0 Å². The molecule has 3 aliphatic heterocycles. The molecule has 6 rings (SSSR count). The maximum atomic E-state index is 6.99. The second kappa shape index (κ2) is 13.5. The molecule has 0 unspecified atom stereocenters. The van der Waals surface area contributed by atoms with Crippen molar-refractivity contribution in [3.05, 3.63) is 102 Å². The van der Waals surface area contributed by atoms with Crippen LogP contribution < -0.4 is 4.74 Å². The zero-order valence-electron chi connectivity index (χ0n) is 25.5. The third kappa shape index (κ3) is 6.98. The molecule has 0 aromatic heterocycles. The Kier molecular flexibility index (Phi) is 9.48. The van der Waals surface area contributed by atoms with Gasteiger partial charge in [0, 0.05) is 25.0 Å². The molecule has 0 aliphatic carbocycles. The highest BCUT2D eigenvalue weighted by atomic mass is 16.7. The maximum absolute atomic E-state index is 6.99. The Morgan fingerprint density at radius 1 is 0.791 bits per heavy atom. The molecule has 0 amide bonds. The van der Waals surface area contributed by atoms with Crippen LogP contribution in [0.5, 0.6) is 5.75 Å². The van der Waals surface area contributed by atoms with Crippen LogP contribution in [0.1, 0.15) is 62.5 Å². The van der Waals surface area contributed by atoms with Gasteiger partial charge in [-0.2, -0.15) is 0 Å². The predicted molar refractivity (Wildman–Crippen MR) is 163 cm³/mol. The molecule has 7 nitrogen and oxygen atoms in total. The summed E-state index contributed by atoms with van der Waals surface area (Å²) < 4.78 is 44.6. The quantitative estimate of drug-likeness (QED) is 0.229. The fourth-order valence-electron chi connectivity index (χ4n) is 6.59. The van der Waals surface area contributed by atoms with E-state index in [9.17, 15) is 0 Å². The molecule has 3 aromatic rings. The lowest BCUT2D eigenvalue weighted by Gasteiger charge is -2.59. The first-order valence-electron chi connectivity index (χ1n) is 15.5. The van der Waals surface area contributed by atoms with Crippen molar-refractivity contribution in [3.8, 4) is 5.75 Å². The van der Waals surface area contributed by atoms with Gasteiger partial charge in [0.2, 0.25) is 0 Å². The fourth-order valence-corrected chi connectivity index (χ4v) is 6.59. The molecule has 0 radical (unpaired) electrons. The van der Waals surface area contributed by atoms with E-state index in [-0.39, 0.29) is 24.4 Å². The summed E-state index contributed by atoms with van der Waals surface area (Å²) in [6.45, 7) is 6.46. The Morgan fingerprint density at radius 2 is 1.51 bits per heavy atom. The summed E-state index contributed by atoms with van der Waals surface area (Å²) in [7, 11) is 1.68. The highest BCUT2D eigenvalue weighted by Crippen LogP contribution is 2.49. The van der Waals surface area contributed by atoms with Gasteiger partial charge in [0.1, 0.15) is 17.0 Å². The van der Waals surface area contributed by atoms with E-state index in [2.05, 4.69) is 26.0 Å². The molecular weight excluding hydrogens is 544 g/mol. The number of hydrogen-bond donors (Lipinski definition) is 0.